The standard InChI is InChI=1S/C26H30N4O4/c1-19-25(20(2)30(27-19)17-21-7-5-4-6-8-21)26(32)34-18-24(31)29-15-13-28(14-16-29)22-9-11-23(33-3)12-10-22/h4-12H,13-18H2,1-3H3. The molecule has 1 aliphatic rings. The second-order valence-electron chi connectivity index (χ2n) is 8.33. The van der Waals surface area contributed by atoms with Crippen LogP contribution in [-0.4, -0.2) is 66.5 Å². The molecular formula is C26H30N4O4. The average Bonchev–Trinajstić information content (AvgIpc) is 3.15. The van der Waals surface area contributed by atoms with Gasteiger partial charge in [-0.1, -0.05) is 30.3 Å². The third kappa shape index (κ3) is 5.22. The Bertz CT molecular complexity index is 1130. The van der Waals surface area contributed by atoms with Gasteiger partial charge in [0.15, 0.2) is 6.61 Å². The number of ether oxygens (including phenoxy) is 2. The summed E-state index contributed by atoms with van der Waals surface area (Å²) in [5, 5.41) is 4.50. The number of aromatic nitrogens is 2. The van der Waals surface area contributed by atoms with Crippen molar-refractivity contribution in [3.05, 3.63) is 77.1 Å². The molecule has 1 fully saturated rings. The van der Waals surface area contributed by atoms with Gasteiger partial charge in [0.1, 0.15) is 11.3 Å². The minimum absolute atomic E-state index is 0.185. The van der Waals surface area contributed by atoms with Gasteiger partial charge in [-0.15, -0.1) is 0 Å². The lowest BCUT2D eigenvalue weighted by Crippen LogP contribution is -2.49. The molecule has 34 heavy (non-hydrogen) atoms. The number of amides is 1. The molecule has 4 rings (SSSR count). The molecule has 1 saturated heterocycles. The Morgan fingerprint density at radius 3 is 2.26 bits per heavy atom. The molecule has 0 bridgehead atoms. The van der Waals surface area contributed by atoms with E-state index in [2.05, 4.69) is 10.00 Å². The molecule has 2 aromatic carbocycles. The van der Waals surface area contributed by atoms with Crippen molar-refractivity contribution in [2.45, 2.75) is 20.4 Å². The first-order valence-corrected chi connectivity index (χ1v) is 11.4. The highest BCUT2D eigenvalue weighted by Gasteiger charge is 2.25. The van der Waals surface area contributed by atoms with Gasteiger partial charge < -0.3 is 19.3 Å². The second kappa shape index (κ2) is 10.4. The van der Waals surface area contributed by atoms with Crippen molar-refractivity contribution in [2.75, 3.05) is 44.8 Å². The summed E-state index contributed by atoms with van der Waals surface area (Å²) in [4.78, 5) is 29.4. The van der Waals surface area contributed by atoms with E-state index in [9.17, 15) is 9.59 Å². The van der Waals surface area contributed by atoms with E-state index in [4.69, 9.17) is 9.47 Å². The van der Waals surface area contributed by atoms with Crippen molar-refractivity contribution < 1.29 is 19.1 Å². The van der Waals surface area contributed by atoms with E-state index < -0.39 is 5.97 Å². The minimum atomic E-state index is -0.514. The van der Waals surface area contributed by atoms with Crippen LogP contribution in [0.3, 0.4) is 0 Å². The van der Waals surface area contributed by atoms with E-state index >= 15 is 0 Å². The number of nitrogens with zero attached hydrogens (tertiary/aromatic N) is 4. The minimum Gasteiger partial charge on any atom is -0.497 e. The monoisotopic (exact) mass is 462 g/mol. The highest BCUT2D eigenvalue weighted by molar-refractivity contribution is 5.93. The summed E-state index contributed by atoms with van der Waals surface area (Å²) in [6, 6.07) is 17.8. The van der Waals surface area contributed by atoms with Gasteiger partial charge in [0, 0.05) is 31.9 Å². The number of esters is 1. The van der Waals surface area contributed by atoms with Gasteiger partial charge in [-0.3, -0.25) is 9.48 Å². The lowest BCUT2D eigenvalue weighted by atomic mass is 10.2. The first-order chi connectivity index (χ1) is 16.5. The molecule has 178 valence electrons. The maximum absolute atomic E-state index is 12.8. The molecule has 1 aliphatic heterocycles. The van der Waals surface area contributed by atoms with Crippen molar-refractivity contribution in [2.24, 2.45) is 0 Å². The molecule has 1 amide bonds. The number of carbonyl (C=O) groups is 2. The van der Waals surface area contributed by atoms with Crippen LogP contribution in [0.2, 0.25) is 0 Å². The fourth-order valence-corrected chi connectivity index (χ4v) is 4.20. The van der Waals surface area contributed by atoms with Crippen molar-refractivity contribution in [3.8, 4) is 5.75 Å². The van der Waals surface area contributed by atoms with E-state index in [0.29, 0.717) is 30.9 Å². The molecule has 2 heterocycles. The molecule has 8 heteroatoms. The van der Waals surface area contributed by atoms with Gasteiger partial charge >= 0.3 is 5.97 Å². The number of carbonyl (C=O) groups excluding carboxylic acids is 2. The summed E-state index contributed by atoms with van der Waals surface area (Å²) in [5.74, 6) is 0.115. The molecule has 0 atom stereocenters. The number of piperazine rings is 1. The predicted molar refractivity (Wildman–Crippen MR) is 129 cm³/mol. The Morgan fingerprint density at radius 2 is 1.62 bits per heavy atom. The molecule has 3 aromatic rings. The van der Waals surface area contributed by atoms with Crippen LogP contribution in [0.5, 0.6) is 5.75 Å². The van der Waals surface area contributed by atoms with E-state index in [0.717, 1.165) is 35.8 Å². The molecule has 0 spiro atoms. The largest absolute Gasteiger partial charge is 0.497 e. The van der Waals surface area contributed by atoms with Crippen LogP contribution in [0.25, 0.3) is 0 Å². The number of hydrogen-bond acceptors (Lipinski definition) is 6. The van der Waals surface area contributed by atoms with Gasteiger partial charge in [-0.05, 0) is 43.7 Å². The lowest BCUT2D eigenvalue weighted by molar-refractivity contribution is -0.134. The zero-order valence-corrected chi connectivity index (χ0v) is 19.9. The lowest BCUT2D eigenvalue weighted by Gasteiger charge is -2.36. The fourth-order valence-electron chi connectivity index (χ4n) is 4.20. The van der Waals surface area contributed by atoms with Gasteiger partial charge in [0.05, 0.1) is 25.0 Å². The fraction of sp³-hybridized carbons (Fsp3) is 0.346. The highest BCUT2D eigenvalue weighted by atomic mass is 16.5. The van der Waals surface area contributed by atoms with Crippen LogP contribution < -0.4 is 9.64 Å². The van der Waals surface area contributed by atoms with Crippen molar-refractivity contribution in [3.63, 3.8) is 0 Å². The van der Waals surface area contributed by atoms with E-state index in [1.165, 1.54) is 0 Å². The molecule has 1 aromatic heterocycles. The van der Waals surface area contributed by atoms with Crippen molar-refractivity contribution in [1.29, 1.82) is 0 Å². The normalized spacial score (nSPS) is 13.6. The molecule has 0 radical (unpaired) electrons. The van der Waals surface area contributed by atoms with Crippen LogP contribution in [0.4, 0.5) is 5.69 Å². The number of anilines is 1. The molecule has 0 aliphatic carbocycles. The van der Waals surface area contributed by atoms with Gasteiger partial charge in [0.2, 0.25) is 0 Å². The summed E-state index contributed by atoms with van der Waals surface area (Å²) < 4.78 is 12.4. The van der Waals surface area contributed by atoms with Crippen LogP contribution in [-0.2, 0) is 16.1 Å². The first-order valence-electron chi connectivity index (χ1n) is 11.4. The summed E-state index contributed by atoms with van der Waals surface area (Å²) in [6.45, 7) is 6.52. The Balaban J connectivity index is 1.30. The Labute approximate surface area is 199 Å². The molecule has 0 N–H and O–H groups in total. The number of rotatable bonds is 7. The van der Waals surface area contributed by atoms with Crippen LogP contribution in [0, 0.1) is 13.8 Å². The Kier molecular flexibility index (Phi) is 7.15. The molecular weight excluding hydrogens is 432 g/mol. The Hall–Kier alpha value is -3.81. The van der Waals surface area contributed by atoms with E-state index in [1.54, 1.807) is 23.6 Å². The molecule has 0 saturated carbocycles. The van der Waals surface area contributed by atoms with Crippen LogP contribution in [0.1, 0.15) is 27.3 Å². The average molecular weight is 463 g/mol. The molecule has 0 unspecified atom stereocenters. The summed E-state index contributed by atoms with van der Waals surface area (Å²) >= 11 is 0. The summed E-state index contributed by atoms with van der Waals surface area (Å²) in [5.41, 5.74) is 3.94. The highest BCUT2D eigenvalue weighted by Crippen LogP contribution is 2.21. The number of benzene rings is 2. The van der Waals surface area contributed by atoms with E-state index in [1.807, 2.05) is 61.5 Å². The molecule has 8 nitrogen and oxygen atoms in total. The van der Waals surface area contributed by atoms with E-state index in [-0.39, 0.29) is 12.5 Å². The maximum atomic E-state index is 12.8. The number of methoxy groups -OCH3 is 1. The predicted octanol–water partition coefficient (Wildman–Crippen LogP) is 3.06. The zero-order valence-electron chi connectivity index (χ0n) is 19.9. The Morgan fingerprint density at radius 1 is 0.941 bits per heavy atom. The summed E-state index contributed by atoms with van der Waals surface area (Å²) in [6.07, 6.45) is 0. The number of hydrogen-bond donors (Lipinski definition) is 0. The first kappa shape index (κ1) is 23.4. The zero-order chi connectivity index (χ0) is 24.1. The van der Waals surface area contributed by atoms with Gasteiger partial charge in [-0.2, -0.15) is 5.10 Å². The van der Waals surface area contributed by atoms with Gasteiger partial charge in [-0.25, -0.2) is 4.79 Å². The third-order valence-electron chi connectivity index (χ3n) is 6.16. The second-order valence-corrected chi connectivity index (χ2v) is 8.33. The van der Waals surface area contributed by atoms with Crippen molar-refractivity contribution in [1.82, 2.24) is 14.7 Å². The van der Waals surface area contributed by atoms with Crippen LogP contribution >= 0.6 is 0 Å². The third-order valence-corrected chi connectivity index (χ3v) is 6.16. The number of aryl methyl sites for hydroxylation is 1. The topological polar surface area (TPSA) is 76.9 Å². The van der Waals surface area contributed by atoms with Gasteiger partial charge in [0.25, 0.3) is 5.91 Å². The maximum Gasteiger partial charge on any atom is 0.342 e. The SMILES string of the molecule is COc1ccc(N2CCN(C(=O)COC(=O)c3c(C)nn(Cc4ccccc4)c3C)CC2)cc1. The van der Waals surface area contributed by atoms with Crippen molar-refractivity contribution >= 4 is 17.6 Å². The quantitative estimate of drug-likeness (QED) is 0.503. The summed E-state index contributed by atoms with van der Waals surface area (Å²) in [7, 11) is 1.64. The van der Waals surface area contributed by atoms with Crippen LogP contribution in [0.15, 0.2) is 54.6 Å². The smallest absolute Gasteiger partial charge is 0.342 e.